The highest BCUT2D eigenvalue weighted by atomic mass is 16.5. The SMILES string of the molecule is CCOc1cccc(C(CN)CC(=O)NC)c1. The summed E-state index contributed by atoms with van der Waals surface area (Å²) in [6.07, 6.45) is 0.405. The van der Waals surface area contributed by atoms with Crippen molar-refractivity contribution in [3.8, 4) is 5.75 Å². The minimum atomic E-state index is 0.00210. The average molecular weight is 236 g/mol. The molecule has 1 unspecified atom stereocenters. The zero-order valence-corrected chi connectivity index (χ0v) is 10.4. The Kier molecular flexibility index (Phi) is 5.49. The lowest BCUT2D eigenvalue weighted by atomic mass is 9.95. The van der Waals surface area contributed by atoms with Gasteiger partial charge in [0, 0.05) is 19.4 Å². The molecule has 0 radical (unpaired) electrons. The van der Waals surface area contributed by atoms with Crippen LogP contribution < -0.4 is 15.8 Å². The Labute approximate surface area is 102 Å². The van der Waals surface area contributed by atoms with Gasteiger partial charge in [-0.15, -0.1) is 0 Å². The average Bonchev–Trinajstić information content (AvgIpc) is 2.36. The van der Waals surface area contributed by atoms with E-state index in [9.17, 15) is 4.79 Å². The molecule has 17 heavy (non-hydrogen) atoms. The van der Waals surface area contributed by atoms with Crippen molar-refractivity contribution in [1.82, 2.24) is 5.32 Å². The maximum Gasteiger partial charge on any atom is 0.220 e. The smallest absolute Gasteiger partial charge is 0.220 e. The van der Waals surface area contributed by atoms with Crippen LogP contribution in [0.15, 0.2) is 24.3 Å². The quantitative estimate of drug-likeness (QED) is 0.781. The Bertz CT molecular complexity index is 366. The second-order valence-corrected chi connectivity index (χ2v) is 3.82. The molecule has 0 aliphatic carbocycles. The maximum absolute atomic E-state index is 11.4. The Hall–Kier alpha value is -1.55. The molecule has 1 amide bonds. The van der Waals surface area contributed by atoms with Crippen molar-refractivity contribution >= 4 is 5.91 Å². The summed E-state index contributed by atoms with van der Waals surface area (Å²) in [4.78, 5) is 11.4. The van der Waals surface area contributed by atoms with Gasteiger partial charge in [-0.3, -0.25) is 4.79 Å². The summed E-state index contributed by atoms with van der Waals surface area (Å²) in [5.41, 5.74) is 6.75. The second-order valence-electron chi connectivity index (χ2n) is 3.82. The predicted molar refractivity (Wildman–Crippen MR) is 68.1 cm³/mol. The standard InChI is InChI=1S/C13H20N2O2/c1-3-17-12-6-4-5-10(7-12)11(9-14)8-13(16)15-2/h4-7,11H,3,8-9,14H2,1-2H3,(H,15,16). The van der Waals surface area contributed by atoms with Gasteiger partial charge in [0.05, 0.1) is 6.61 Å². The van der Waals surface area contributed by atoms with Gasteiger partial charge in [0.1, 0.15) is 5.75 Å². The fourth-order valence-electron chi connectivity index (χ4n) is 1.69. The van der Waals surface area contributed by atoms with E-state index in [4.69, 9.17) is 10.5 Å². The van der Waals surface area contributed by atoms with Crippen molar-refractivity contribution in [2.75, 3.05) is 20.2 Å². The van der Waals surface area contributed by atoms with Crippen molar-refractivity contribution in [1.29, 1.82) is 0 Å². The molecule has 1 aromatic carbocycles. The van der Waals surface area contributed by atoms with E-state index in [1.54, 1.807) is 7.05 Å². The first kappa shape index (κ1) is 13.5. The van der Waals surface area contributed by atoms with E-state index < -0.39 is 0 Å². The molecule has 0 saturated carbocycles. The molecule has 0 fully saturated rings. The lowest BCUT2D eigenvalue weighted by Crippen LogP contribution is -2.24. The molecule has 0 aliphatic rings. The number of rotatable bonds is 6. The van der Waals surface area contributed by atoms with Gasteiger partial charge in [-0.2, -0.15) is 0 Å². The maximum atomic E-state index is 11.4. The van der Waals surface area contributed by atoms with E-state index in [-0.39, 0.29) is 11.8 Å². The molecule has 1 rings (SSSR count). The zero-order valence-electron chi connectivity index (χ0n) is 10.4. The first-order chi connectivity index (χ1) is 8.21. The van der Waals surface area contributed by atoms with Gasteiger partial charge in [-0.1, -0.05) is 12.1 Å². The largest absolute Gasteiger partial charge is 0.494 e. The topological polar surface area (TPSA) is 64.3 Å². The van der Waals surface area contributed by atoms with Crippen LogP contribution in [0.1, 0.15) is 24.8 Å². The summed E-state index contributed by atoms with van der Waals surface area (Å²) in [5.74, 6) is 0.859. The van der Waals surface area contributed by atoms with E-state index in [2.05, 4.69) is 5.32 Å². The number of ether oxygens (including phenoxy) is 1. The van der Waals surface area contributed by atoms with E-state index in [1.807, 2.05) is 31.2 Å². The number of nitrogens with two attached hydrogens (primary N) is 1. The molecule has 0 aromatic heterocycles. The van der Waals surface area contributed by atoms with Crippen LogP contribution in [-0.4, -0.2) is 26.1 Å². The molecule has 0 saturated heterocycles. The van der Waals surface area contributed by atoms with Crippen LogP contribution in [0.5, 0.6) is 5.75 Å². The third-order valence-corrected chi connectivity index (χ3v) is 2.64. The first-order valence-electron chi connectivity index (χ1n) is 5.84. The second kappa shape index (κ2) is 6.91. The molecular formula is C13H20N2O2. The predicted octanol–water partition coefficient (Wildman–Crippen LogP) is 1.26. The van der Waals surface area contributed by atoms with Crippen LogP contribution in [0.3, 0.4) is 0 Å². The molecule has 4 nitrogen and oxygen atoms in total. The highest BCUT2D eigenvalue weighted by Crippen LogP contribution is 2.22. The highest BCUT2D eigenvalue weighted by molar-refractivity contribution is 5.76. The van der Waals surface area contributed by atoms with Gasteiger partial charge in [0.15, 0.2) is 0 Å². The van der Waals surface area contributed by atoms with E-state index in [0.29, 0.717) is 19.6 Å². The van der Waals surface area contributed by atoms with Crippen molar-refractivity contribution < 1.29 is 9.53 Å². The van der Waals surface area contributed by atoms with Gasteiger partial charge in [0.2, 0.25) is 5.91 Å². The molecule has 3 N–H and O–H groups in total. The Morgan fingerprint density at radius 3 is 2.88 bits per heavy atom. The summed E-state index contributed by atoms with van der Waals surface area (Å²) in [7, 11) is 1.63. The molecule has 0 aliphatic heterocycles. The minimum absolute atomic E-state index is 0.00210. The number of amides is 1. The van der Waals surface area contributed by atoms with Crippen LogP contribution in [0.4, 0.5) is 0 Å². The Morgan fingerprint density at radius 1 is 1.53 bits per heavy atom. The molecule has 1 aromatic rings. The van der Waals surface area contributed by atoms with Crippen LogP contribution in [0, 0.1) is 0 Å². The number of benzene rings is 1. The van der Waals surface area contributed by atoms with E-state index in [0.717, 1.165) is 11.3 Å². The Balaban J connectivity index is 2.80. The number of hydrogen-bond donors (Lipinski definition) is 2. The summed E-state index contributed by atoms with van der Waals surface area (Å²) in [6, 6.07) is 7.75. The van der Waals surface area contributed by atoms with Crippen LogP contribution in [0.25, 0.3) is 0 Å². The van der Waals surface area contributed by atoms with Crippen molar-refractivity contribution in [3.63, 3.8) is 0 Å². The molecule has 0 heterocycles. The Morgan fingerprint density at radius 2 is 2.29 bits per heavy atom. The molecular weight excluding hydrogens is 216 g/mol. The highest BCUT2D eigenvalue weighted by Gasteiger charge is 2.14. The number of carbonyl (C=O) groups excluding carboxylic acids is 1. The third kappa shape index (κ3) is 4.07. The summed E-state index contributed by atoms with van der Waals surface area (Å²) in [5, 5.41) is 2.61. The molecule has 0 bridgehead atoms. The molecule has 94 valence electrons. The van der Waals surface area contributed by atoms with Gasteiger partial charge >= 0.3 is 0 Å². The lowest BCUT2D eigenvalue weighted by molar-refractivity contribution is -0.120. The number of nitrogens with one attached hydrogen (secondary N) is 1. The molecule has 4 heteroatoms. The monoisotopic (exact) mass is 236 g/mol. The van der Waals surface area contributed by atoms with Crippen molar-refractivity contribution in [3.05, 3.63) is 29.8 Å². The van der Waals surface area contributed by atoms with E-state index >= 15 is 0 Å². The summed E-state index contributed by atoms with van der Waals surface area (Å²) in [6.45, 7) is 3.02. The fraction of sp³-hybridized carbons (Fsp3) is 0.462. The van der Waals surface area contributed by atoms with Crippen molar-refractivity contribution in [2.45, 2.75) is 19.3 Å². The fourth-order valence-corrected chi connectivity index (χ4v) is 1.69. The minimum Gasteiger partial charge on any atom is -0.494 e. The summed E-state index contributed by atoms with van der Waals surface area (Å²) < 4.78 is 5.43. The zero-order chi connectivity index (χ0) is 12.7. The van der Waals surface area contributed by atoms with Gasteiger partial charge in [-0.25, -0.2) is 0 Å². The third-order valence-electron chi connectivity index (χ3n) is 2.64. The van der Waals surface area contributed by atoms with Gasteiger partial charge < -0.3 is 15.8 Å². The van der Waals surface area contributed by atoms with E-state index in [1.165, 1.54) is 0 Å². The first-order valence-corrected chi connectivity index (χ1v) is 5.84. The molecule has 0 spiro atoms. The van der Waals surface area contributed by atoms with Crippen LogP contribution in [0.2, 0.25) is 0 Å². The van der Waals surface area contributed by atoms with Gasteiger partial charge in [-0.05, 0) is 31.2 Å². The summed E-state index contributed by atoms with van der Waals surface area (Å²) >= 11 is 0. The number of hydrogen-bond acceptors (Lipinski definition) is 3. The van der Waals surface area contributed by atoms with Crippen LogP contribution >= 0.6 is 0 Å². The number of carbonyl (C=O) groups is 1. The van der Waals surface area contributed by atoms with Crippen LogP contribution in [-0.2, 0) is 4.79 Å². The lowest BCUT2D eigenvalue weighted by Gasteiger charge is -2.15. The molecule has 1 atom stereocenters. The van der Waals surface area contributed by atoms with Gasteiger partial charge in [0.25, 0.3) is 0 Å². The normalized spacial score (nSPS) is 11.9. The van der Waals surface area contributed by atoms with Crippen molar-refractivity contribution in [2.24, 2.45) is 5.73 Å².